The molecule has 0 atom stereocenters. The largest absolute Gasteiger partial charge is 0.481 e. The third-order valence-electron chi connectivity index (χ3n) is 10.8. The van der Waals surface area contributed by atoms with Crippen LogP contribution in [0.4, 0.5) is 0 Å². The van der Waals surface area contributed by atoms with Crippen molar-refractivity contribution >= 4 is 5.97 Å². The summed E-state index contributed by atoms with van der Waals surface area (Å²) in [5.74, 6) is -0.652. The minimum absolute atomic E-state index is 0.290. The zero-order valence-corrected chi connectivity index (χ0v) is 33.5. The van der Waals surface area contributed by atoms with Crippen LogP contribution in [0.15, 0.2) is 0 Å². The maximum atomic E-state index is 11.2. The number of carboxylic acids is 1. The van der Waals surface area contributed by atoms with Gasteiger partial charge < -0.3 is 10.0 Å². The highest BCUT2D eigenvalue weighted by atomic mass is 16.4. The minimum atomic E-state index is -0.652. The highest BCUT2D eigenvalue weighted by Gasteiger charge is 2.07. The number of nitrogens with zero attached hydrogens (tertiary/aromatic N) is 1. The summed E-state index contributed by atoms with van der Waals surface area (Å²) in [6.45, 7) is 7.50. The summed E-state index contributed by atoms with van der Waals surface area (Å²) in [5.41, 5.74) is 0. The van der Waals surface area contributed by atoms with Gasteiger partial charge in [-0.3, -0.25) is 4.79 Å². The lowest BCUT2D eigenvalue weighted by atomic mass is 10.0. The Labute approximate surface area is 304 Å². The minimum Gasteiger partial charge on any atom is -0.481 e. The van der Waals surface area contributed by atoms with Crippen molar-refractivity contribution in [2.45, 2.75) is 264 Å². The van der Waals surface area contributed by atoms with Crippen LogP contribution in [0.5, 0.6) is 0 Å². The second kappa shape index (κ2) is 42.6. The van der Waals surface area contributed by atoms with Crippen LogP contribution in [0.25, 0.3) is 0 Å². The molecular weight excluding hydrogens is 587 g/mol. The van der Waals surface area contributed by atoms with Crippen molar-refractivity contribution < 1.29 is 9.90 Å². The SMILES string of the molecule is CCCCCCCCCCCCCCCCCCCCCN(CCCCCCCCCCCCCCCCCCCCC)CCC(=O)O. The van der Waals surface area contributed by atoms with E-state index < -0.39 is 5.97 Å². The molecule has 0 saturated heterocycles. The lowest BCUT2D eigenvalue weighted by molar-refractivity contribution is -0.137. The van der Waals surface area contributed by atoms with E-state index in [0.717, 1.165) is 19.6 Å². The fourth-order valence-electron chi connectivity index (χ4n) is 7.42. The summed E-state index contributed by atoms with van der Waals surface area (Å²) in [5, 5.41) is 9.20. The maximum Gasteiger partial charge on any atom is 0.304 e. The monoisotopic (exact) mass is 678 g/mol. The van der Waals surface area contributed by atoms with Gasteiger partial charge in [0.2, 0.25) is 0 Å². The van der Waals surface area contributed by atoms with E-state index in [-0.39, 0.29) is 6.42 Å². The van der Waals surface area contributed by atoms with Gasteiger partial charge in [-0.2, -0.15) is 0 Å². The molecule has 0 heterocycles. The number of unbranched alkanes of at least 4 members (excludes halogenated alkanes) is 36. The van der Waals surface area contributed by atoms with Crippen LogP contribution in [-0.4, -0.2) is 35.6 Å². The van der Waals surface area contributed by atoms with Crippen molar-refractivity contribution in [2.75, 3.05) is 19.6 Å². The third kappa shape index (κ3) is 41.6. The van der Waals surface area contributed by atoms with E-state index in [1.54, 1.807) is 0 Å². The summed E-state index contributed by atoms with van der Waals surface area (Å²) < 4.78 is 0. The van der Waals surface area contributed by atoms with Crippen LogP contribution in [-0.2, 0) is 4.79 Å². The smallest absolute Gasteiger partial charge is 0.304 e. The zero-order chi connectivity index (χ0) is 34.9. The number of carboxylic acid groups (broad SMARTS) is 1. The highest BCUT2D eigenvalue weighted by Crippen LogP contribution is 2.17. The summed E-state index contributed by atoms with van der Waals surface area (Å²) in [7, 11) is 0. The number of hydrogen-bond acceptors (Lipinski definition) is 2. The molecule has 48 heavy (non-hydrogen) atoms. The zero-order valence-electron chi connectivity index (χ0n) is 33.5. The Morgan fingerprint density at radius 3 is 0.688 bits per heavy atom. The van der Waals surface area contributed by atoms with Crippen LogP contribution in [0.1, 0.15) is 264 Å². The van der Waals surface area contributed by atoms with E-state index in [2.05, 4.69) is 18.7 Å². The molecule has 0 saturated carbocycles. The second-order valence-electron chi connectivity index (χ2n) is 15.7. The standard InChI is InChI=1S/C45H91NO2/c1-3-5-7-9-11-13-15-17-19-21-23-25-27-29-31-33-35-37-39-42-46(44-41-45(47)48)43-40-38-36-34-32-30-28-26-24-22-20-18-16-14-12-10-8-6-4-2/h3-44H2,1-2H3,(H,47,48). The molecule has 0 aliphatic carbocycles. The number of aliphatic carboxylic acids is 1. The Kier molecular flexibility index (Phi) is 42.1. The topological polar surface area (TPSA) is 40.5 Å². The van der Waals surface area contributed by atoms with Crippen molar-refractivity contribution in [1.29, 1.82) is 0 Å². The average Bonchev–Trinajstić information content (AvgIpc) is 3.08. The first-order chi connectivity index (χ1) is 23.7. The fraction of sp³-hybridized carbons (Fsp3) is 0.978. The Hall–Kier alpha value is -0.570. The van der Waals surface area contributed by atoms with Crippen LogP contribution in [0.2, 0.25) is 0 Å². The maximum absolute atomic E-state index is 11.2. The first-order valence-corrected chi connectivity index (χ1v) is 22.6. The van der Waals surface area contributed by atoms with Gasteiger partial charge in [-0.1, -0.05) is 245 Å². The summed E-state index contributed by atoms with van der Waals surface area (Å²) in [4.78, 5) is 13.6. The van der Waals surface area contributed by atoms with E-state index in [1.807, 2.05) is 0 Å². The molecule has 0 aliphatic rings. The molecule has 0 fully saturated rings. The summed E-state index contributed by atoms with van der Waals surface area (Å²) in [6, 6.07) is 0. The van der Waals surface area contributed by atoms with E-state index in [4.69, 9.17) is 0 Å². The molecule has 0 spiro atoms. The Morgan fingerprint density at radius 2 is 0.500 bits per heavy atom. The Morgan fingerprint density at radius 1 is 0.312 bits per heavy atom. The van der Waals surface area contributed by atoms with Gasteiger partial charge in [0.25, 0.3) is 0 Å². The molecule has 0 aliphatic heterocycles. The second-order valence-corrected chi connectivity index (χ2v) is 15.7. The van der Waals surface area contributed by atoms with Crippen LogP contribution in [0.3, 0.4) is 0 Å². The predicted octanol–water partition coefficient (Wildman–Crippen LogP) is 15.6. The summed E-state index contributed by atoms with van der Waals surface area (Å²) >= 11 is 0. The molecule has 3 heteroatoms. The highest BCUT2D eigenvalue weighted by molar-refractivity contribution is 5.66. The van der Waals surface area contributed by atoms with Gasteiger partial charge in [0.15, 0.2) is 0 Å². The van der Waals surface area contributed by atoms with E-state index in [9.17, 15) is 9.90 Å². The van der Waals surface area contributed by atoms with Crippen LogP contribution in [0, 0.1) is 0 Å². The molecule has 0 aromatic carbocycles. The first kappa shape index (κ1) is 47.4. The molecule has 0 aromatic heterocycles. The third-order valence-corrected chi connectivity index (χ3v) is 10.8. The lowest BCUT2D eigenvalue weighted by Gasteiger charge is -2.21. The number of hydrogen-bond donors (Lipinski definition) is 1. The van der Waals surface area contributed by atoms with E-state index in [0.29, 0.717) is 0 Å². The van der Waals surface area contributed by atoms with Gasteiger partial charge >= 0.3 is 5.97 Å². The molecule has 0 radical (unpaired) electrons. The van der Waals surface area contributed by atoms with Crippen molar-refractivity contribution in [3.05, 3.63) is 0 Å². The molecule has 0 amide bonds. The van der Waals surface area contributed by atoms with E-state index in [1.165, 1.54) is 244 Å². The van der Waals surface area contributed by atoms with Gasteiger partial charge in [-0.15, -0.1) is 0 Å². The van der Waals surface area contributed by atoms with Gasteiger partial charge in [0, 0.05) is 6.54 Å². The molecule has 0 rings (SSSR count). The number of carbonyl (C=O) groups is 1. The first-order valence-electron chi connectivity index (χ1n) is 22.6. The van der Waals surface area contributed by atoms with E-state index >= 15 is 0 Å². The van der Waals surface area contributed by atoms with Gasteiger partial charge in [-0.05, 0) is 25.9 Å². The van der Waals surface area contributed by atoms with Gasteiger partial charge in [0.1, 0.15) is 0 Å². The Balaban J connectivity index is 3.50. The van der Waals surface area contributed by atoms with Crippen LogP contribution >= 0.6 is 0 Å². The molecule has 288 valence electrons. The quantitative estimate of drug-likeness (QED) is 0.0653. The molecule has 3 nitrogen and oxygen atoms in total. The predicted molar refractivity (Wildman–Crippen MR) is 215 cm³/mol. The van der Waals surface area contributed by atoms with Gasteiger partial charge in [-0.25, -0.2) is 0 Å². The molecule has 0 aromatic rings. The van der Waals surface area contributed by atoms with Crippen molar-refractivity contribution in [3.8, 4) is 0 Å². The molecule has 0 unspecified atom stereocenters. The van der Waals surface area contributed by atoms with Crippen molar-refractivity contribution in [1.82, 2.24) is 4.90 Å². The van der Waals surface area contributed by atoms with Crippen molar-refractivity contribution in [3.63, 3.8) is 0 Å². The Bertz CT molecular complexity index is 552. The fourth-order valence-corrected chi connectivity index (χ4v) is 7.42. The van der Waals surface area contributed by atoms with Gasteiger partial charge in [0.05, 0.1) is 6.42 Å². The number of rotatable bonds is 43. The molecular formula is C45H91NO2. The summed E-state index contributed by atoms with van der Waals surface area (Å²) in [6.07, 6.45) is 54.0. The average molecular weight is 678 g/mol. The molecule has 1 N–H and O–H groups in total. The lowest BCUT2D eigenvalue weighted by Crippen LogP contribution is -2.28. The van der Waals surface area contributed by atoms with Crippen molar-refractivity contribution in [2.24, 2.45) is 0 Å². The normalized spacial score (nSPS) is 11.6. The molecule has 0 bridgehead atoms. The van der Waals surface area contributed by atoms with Crippen LogP contribution < -0.4 is 0 Å².